The summed E-state index contributed by atoms with van der Waals surface area (Å²) in [4.78, 5) is 29.3. The van der Waals surface area contributed by atoms with E-state index in [1.54, 1.807) is 14.1 Å². The van der Waals surface area contributed by atoms with Crippen LogP contribution >= 0.6 is 0 Å². The van der Waals surface area contributed by atoms with Gasteiger partial charge < -0.3 is 19.9 Å². The number of ether oxygens (including phenoxy) is 1. The number of likely N-dealkylation sites (N-methyl/N-ethyl adjacent to an activating group) is 1. The molecule has 2 N–H and O–H groups in total. The van der Waals surface area contributed by atoms with Crippen molar-refractivity contribution >= 4 is 22.7 Å². The van der Waals surface area contributed by atoms with Crippen molar-refractivity contribution < 1.29 is 14.3 Å². The normalized spacial score (nSPS) is 11.8. The standard InChI is InChI=1S/C25H31N3O3/c1-4-21(20-12-6-8-14-23(20)31-17-25(30)28(2)3)27-24(29)15-9-10-18-16-26-22-13-7-5-11-19(18)22/h5-8,11-14,16,21,26H,4,9-10,15,17H2,1-3H3,(H,27,29). The van der Waals surface area contributed by atoms with Crippen molar-refractivity contribution in [3.05, 3.63) is 65.9 Å². The number of aromatic amines is 1. The third-order valence-corrected chi connectivity index (χ3v) is 5.41. The fourth-order valence-electron chi connectivity index (χ4n) is 3.61. The highest BCUT2D eigenvalue weighted by molar-refractivity contribution is 5.83. The van der Waals surface area contributed by atoms with Crippen molar-refractivity contribution in [3.63, 3.8) is 0 Å². The van der Waals surface area contributed by atoms with Crippen LogP contribution in [0.5, 0.6) is 5.75 Å². The minimum atomic E-state index is -0.161. The maximum Gasteiger partial charge on any atom is 0.259 e. The summed E-state index contributed by atoms with van der Waals surface area (Å²) in [7, 11) is 3.39. The van der Waals surface area contributed by atoms with E-state index in [0.29, 0.717) is 12.2 Å². The van der Waals surface area contributed by atoms with Crippen LogP contribution in [0, 0.1) is 0 Å². The largest absolute Gasteiger partial charge is 0.483 e. The second kappa shape index (κ2) is 10.7. The second-order valence-corrected chi connectivity index (χ2v) is 7.86. The zero-order valence-electron chi connectivity index (χ0n) is 18.5. The monoisotopic (exact) mass is 421 g/mol. The second-order valence-electron chi connectivity index (χ2n) is 7.86. The summed E-state index contributed by atoms with van der Waals surface area (Å²) in [6, 6.07) is 15.6. The van der Waals surface area contributed by atoms with Gasteiger partial charge in [0.2, 0.25) is 5.91 Å². The van der Waals surface area contributed by atoms with Crippen molar-refractivity contribution in [2.45, 2.75) is 38.6 Å². The van der Waals surface area contributed by atoms with E-state index in [9.17, 15) is 9.59 Å². The number of fused-ring (bicyclic) bond motifs is 1. The first-order valence-corrected chi connectivity index (χ1v) is 10.8. The molecule has 1 heterocycles. The molecule has 0 bridgehead atoms. The van der Waals surface area contributed by atoms with Crippen LogP contribution in [0.2, 0.25) is 0 Å². The van der Waals surface area contributed by atoms with Gasteiger partial charge in [0.05, 0.1) is 6.04 Å². The number of amides is 2. The summed E-state index contributed by atoms with van der Waals surface area (Å²) >= 11 is 0. The van der Waals surface area contributed by atoms with Gasteiger partial charge in [0.1, 0.15) is 5.75 Å². The van der Waals surface area contributed by atoms with Gasteiger partial charge >= 0.3 is 0 Å². The van der Waals surface area contributed by atoms with Crippen LogP contribution in [0.3, 0.4) is 0 Å². The Morgan fingerprint density at radius 1 is 1.10 bits per heavy atom. The molecule has 164 valence electrons. The Hall–Kier alpha value is -3.28. The number of H-pyrrole nitrogens is 1. The molecule has 3 aromatic rings. The number of nitrogens with zero attached hydrogens (tertiary/aromatic N) is 1. The van der Waals surface area contributed by atoms with Crippen molar-refractivity contribution in [2.24, 2.45) is 0 Å². The maximum absolute atomic E-state index is 12.6. The highest BCUT2D eigenvalue weighted by atomic mass is 16.5. The number of rotatable bonds is 10. The molecule has 6 heteroatoms. The van der Waals surface area contributed by atoms with E-state index in [1.807, 2.05) is 49.5 Å². The summed E-state index contributed by atoms with van der Waals surface area (Å²) in [6.07, 6.45) is 4.84. The lowest BCUT2D eigenvalue weighted by Crippen LogP contribution is -2.30. The third-order valence-electron chi connectivity index (χ3n) is 5.41. The SMILES string of the molecule is CCC(NC(=O)CCCc1c[nH]c2ccccc12)c1ccccc1OCC(=O)N(C)C. The van der Waals surface area contributed by atoms with Gasteiger partial charge in [-0.3, -0.25) is 9.59 Å². The van der Waals surface area contributed by atoms with E-state index in [0.717, 1.165) is 30.3 Å². The summed E-state index contributed by atoms with van der Waals surface area (Å²) in [5, 5.41) is 4.34. The predicted octanol–water partition coefficient (Wildman–Crippen LogP) is 4.23. The Morgan fingerprint density at radius 2 is 1.84 bits per heavy atom. The fourth-order valence-corrected chi connectivity index (χ4v) is 3.61. The number of aromatic nitrogens is 1. The van der Waals surface area contributed by atoms with E-state index < -0.39 is 0 Å². The Kier molecular flexibility index (Phi) is 7.70. The third kappa shape index (κ3) is 5.87. The average molecular weight is 422 g/mol. The van der Waals surface area contributed by atoms with Crippen LogP contribution in [0.4, 0.5) is 0 Å². The Morgan fingerprint density at radius 3 is 2.61 bits per heavy atom. The molecule has 1 atom stereocenters. The predicted molar refractivity (Wildman–Crippen MR) is 123 cm³/mol. The van der Waals surface area contributed by atoms with Gasteiger partial charge in [-0.25, -0.2) is 0 Å². The Labute approximate surface area is 183 Å². The topological polar surface area (TPSA) is 74.4 Å². The molecule has 1 aromatic heterocycles. The van der Waals surface area contributed by atoms with Gasteiger partial charge in [-0.15, -0.1) is 0 Å². The maximum atomic E-state index is 12.6. The van der Waals surface area contributed by atoms with Crippen molar-refractivity contribution in [3.8, 4) is 5.75 Å². The van der Waals surface area contributed by atoms with E-state index in [2.05, 4.69) is 22.4 Å². The van der Waals surface area contributed by atoms with E-state index in [1.165, 1.54) is 15.8 Å². The molecular weight excluding hydrogens is 390 g/mol. The zero-order valence-corrected chi connectivity index (χ0v) is 18.5. The van der Waals surface area contributed by atoms with Crippen LogP contribution in [-0.4, -0.2) is 42.4 Å². The molecule has 0 aliphatic heterocycles. The van der Waals surface area contributed by atoms with Crippen LogP contribution in [0.15, 0.2) is 54.7 Å². The van der Waals surface area contributed by atoms with Crippen molar-refractivity contribution in [1.82, 2.24) is 15.2 Å². The molecular formula is C25H31N3O3. The molecule has 0 saturated heterocycles. The van der Waals surface area contributed by atoms with E-state index >= 15 is 0 Å². The molecule has 0 aliphatic carbocycles. The summed E-state index contributed by atoms with van der Waals surface area (Å²) in [6.45, 7) is 2.00. The number of hydrogen-bond acceptors (Lipinski definition) is 3. The quantitative estimate of drug-likeness (QED) is 0.515. The number of hydrogen-bond donors (Lipinski definition) is 2. The zero-order chi connectivity index (χ0) is 22.2. The van der Waals surface area contributed by atoms with Crippen LogP contribution in [-0.2, 0) is 16.0 Å². The van der Waals surface area contributed by atoms with E-state index in [4.69, 9.17) is 4.74 Å². The molecule has 0 radical (unpaired) electrons. The molecule has 0 spiro atoms. The highest BCUT2D eigenvalue weighted by Crippen LogP contribution is 2.27. The Balaban J connectivity index is 1.56. The average Bonchev–Trinajstić information content (AvgIpc) is 3.19. The number of benzene rings is 2. The first kappa shape index (κ1) is 22.4. The molecule has 0 saturated carbocycles. The molecule has 2 amide bonds. The van der Waals surface area contributed by atoms with Gasteiger partial charge in [0.15, 0.2) is 6.61 Å². The molecule has 3 rings (SSSR count). The van der Waals surface area contributed by atoms with Gasteiger partial charge in [0.25, 0.3) is 5.91 Å². The lowest BCUT2D eigenvalue weighted by molar-refractivity contribution is -0.130. The first-order chi connectivity index (χ1) is 15.0. The molecule has 1 unspecified atom stereocenters. The summed E-state index contributed by atoms with van der Waals surface area (Å²) in [5.74, 6) is 0.540. The van der Waals surface area contributed by atoms with Gasteiger partial charge in [-0.1, -0.05) is 43.3 Å². The summed E-state index contributed by atoms with van der Waals surface area (Å²) < 4.78 is 5.75. The minimum absolute atomic E-state index is 0.0193. The Bertz CT molecular complexity index is 1030. The van der Waals surface area contributed by atoms with E-state index in [-0.39, 0.29) is 24.5 Å². The minimum Gasteiger partial charge on any atom is -0.483 e. The van der Waals surface area contributed by atoms with Crippen LogP contribution < -0.4 is 10.1 Å². The summed E-state index contributed by atoms with van der Waals surface area (Å²) in [5.41, 5.74) is 3.25. The van der Waals surface area contributed by atoms with Gasteiger partial charge in [-0.05, 0) is 37.0 Å². The fraction of sp³-hybridized carbons (Fsp3) is 0.360. The number of nitrogens with one attached hydrogen (secondary N) is 2. The lowest BCUT2D eigenvalue weighted by Gasteiger charge is -2.21. The molecule has 6 nitrogen and oxygen atoms in total. The first-order valence-electron chi connectivity index (χ1n) is 10.8. The lowest BCUT2D eigenvalue weighted by atomic mass is 10.0. The molecule has 31 heavy (non-hydrogen) atoms. The number of carbonyl (C=O) groups excluding carboxylic acids is 2. The number of aryl methyl sites for hydroxylation is 1. The molecule has 0 fully saturated rings. The van der Waals surface area contributed by atoms with Crippen LogP contribution in [0.1, 0.15) is 43.4 Å². The van der Waals surface area contributed by atoms with Gasteiger partial charge in [-0.2, -0.15) is 0 Å². The number of para-hydroxylation sites is 2. The smallest absolute Gasteiger partial charge is 0.259 e. The highest BCUT2D eigenvalue weighted by Gasteiger charge is 2.18. The van der Waals surface area contributed by atoms with Crippen LogP contribution in [0.25, 0.3) is 10.9 Å². The number of carbonyl (C=O) groups is 2. The van der Waals surface area contributed by atoms with Gasteiger partial charge in [0, 0.05) is 43.2 Å². The molecule has 2 aromatic carbocycles. The van der Waals surface area contributed by atoms with Crippen molar-refractivity contribution in [2.75, 3.05) is 20.7 Å². The van der Waals surface area contributed by atoms with Crippen molar-refractivity contribution in [1.29, 1.82) is 0 Å². The molecule has 0 aliphatic rings.